The van der Waals surface area contributed by atoms with E-state index in [4.69, 9.17) is 16.3 Å². The minimum absolute atomic E-state index is 0.0137. The number of halogens is 1. The fraction of sp³-hybridized carbons (Fsp3) is 0.235. The molecular formula is C17H15ClO2. The van der Waals surface area contributed by atoms with Crippen molar-refractivity contribution in [2.45, 2.75) is 25.4 Å². The molecule has 20 heavy (non-hydrogen) atoms. The Hall–Kier alpha value is -1.80. The molecule has 0 radical (unpaired) electrons. The SMILES string of the molecule is O=Cc1cc(Cl)ccc1OC1CCCc2ccccc21. The lowest BCUT2D eigenvalue weighted by Crippen LogP contribution is -2.15. The van der Waals surface area contributed by atoms with E-state index in [-0.39, 0.29) is 6.10 Å². The number of hydrogen-bond donors (Lipinski definition) is 0. The van der Waals surface area contributed by atoms with E-state index in [9.17, 15) is 4.79 Å². The average molecular weight is 287 g/mol. The van der Waals surface area contributed by atoms with Gasteiger partial charge >= 0.3 is 0 Å². The van der Waals surface area contributed by atoms with Crippen LogP contribution in [0.4, 0.5) is 0 Å². The standard InChI is InChI=1S/C17H15ClO2/c18-14-8-9-16(13(10-14)11-19)20-17-7-3-5-12-4-1-2-6-15(12)17/h1-2,4,6,8-11,17H,3,5,7H2. The van der Waals surface area contributed by atoms with Gasteiger partial charge in [-0.15, -0.1) is 0 Å². The summed E-state index contributed by atoms with van der Waals surface area (Å²) in [6.07, 6.45) is 3.97. The summed E-state index contributed by atoms with van der Waals surface area (Å²) >= 11 is 5.90. The van der Waals surface area contributed by atoms with E-state index >= 15 is 0 Å². The lowest BCUT2D eigenvalue weighted by molar-refractivity contribution is 0.111. The molecule has 3 rings (SSSR count). The van der Waals surface area contributed by atoms with Gasteiger partial charge in [0.25, 0.3) is 0 Å². The summed E-state index contributed by atoms with van der Waals surface area (Å²) in [4.78, 5) is 11.1. The number of fused-ring (bicyclic) bond motifs is 1. The van der Waals surface area contributed by atoms with Crippen LogP contribution in [0, 0.1) is 0 Å². The minimum Gasteiger partial charge on any atom is -0.485 e. The second-order valence-corrected chi connectivity index (χ2v) is 5.43. The molecule has 0 aromatic heterocycles. The fourth-order valence-electron chi connectivity index (χ4n) is 2.70. The van der Waals surface area contributed by atoms with E-state index in [0.29, 0.717) is 16.3 Å². The molecule has 0 fully saturated rings. The zero-order chi connectivity index (χ0) is 13.9. The van der Waals surface area contributed by atoms with Gasteiger partial charge in [-0.3, -0.25) is 4.79 Å². The Morgan fingerprint density at radius 3 is 2.90 bits per heavy atom. The molecule has 0 spiro atoms. The van der Waals surface area contributed by atoms with Gasteiger partial charge in [0.1, 0.15) is 11.9 Å². The van der Waals surface area contributed by atoms with Crippen LogP contribution < -0.4 is 4.74 Å². The highest BCUT2D eigenvalue weighted by Crippen LogP contribution is 2.34. The number of aryl methyl sites for hydroxylation is 1. The molecule has 0 saturated heterocycles. The molecule has 3 heteroatoms. The van der Waals surface area contributed by atoms with Crippen molar-refractivity contribution in [1.29, 1.82) is 0 Å². The van der Waals surface area contributed by atoms with Crippen molar-refractivity contribution in [1.82, 2.24) is 0 Å². The van der Waals surface area contributed by atoms with Gasteiger partial charge in [0, 0.05) is 5.02 Å². The van der Waals surface area contributed by atoms with Gasteiger partial charge in [-0.1, -0.05) is 35.9 Å². The summed E-state index contributed by atoms with van der Waals surface area (Å²) in [7, 11) is 0. The molecule has 2 aromatic carbocycles. The Kier molecular flexibility index (Phi) is 3.75. The van der Waals surface area contributed by atoms with Crippen molar-refractivity contribution >= 4 is 17.9 Å². The van der Waals surface area contributed by atoms with Crippen LogP contribution in [0.25, 0.3) is 0 Å². The number of ether oxygens (including phenoxy) is 1. The Labute approximate surface area is 123 Å². The summed E-state index contributed by atoms with van der Waals surface area (Å²) < 4.78 is 6.07. The number of carbonyl (C=O) groups is 1. The smallest absolute Gasteiger partial charge is 0.153 e. The van der Waals surface area contributed by atoms with E-state index in [2.05, 4.69) is 18.2 Å². The van der Waals surface area contributed by atoms with Gasteiger partial charge in [0.15, 0.2) is 6.29 Å². The van der Waals surface area contributed by atoms with Crippen molar-refractivity contribution in [2.24, 2.45) is 0 Å². The molecule has 0 heterocycles. The normalized spacial score (nSPS) is 17.4. The molecule has 1 aliphatic rings. The molecule has 2 nitrogen and oxygen atoms in total. The number of aldehydes is 1. The first-order valence-electron chi connectivity index (χ1n) is 6.77. The Bertz CT molecular complexity index is 637. The summed E-state index contributed by atoms with van der Waals surface area (Å²) in [5.74, 6) is 0.603. The van der Waals surface area contributed by atoms with Crippen molar-refractivity contribution in [2.75, 3.05) is 0 Å². The minimum atomic E-state index is 0.0137. The zero-order valence-electron chi connectivity index (χ0n) is 11.0. The lowest BCUT2D eigenvalue weighted by atomic mass is 9.89. The third-order valence-corrected chi connectivity index (χ3v) is 3.92. The van der Waals surface area contributed by atoms with Crippen LogP contribution in [0.1, 0.15) is 40.4 Å². The highest BCUT2D eigenvalue weighted by Gasteiger charge is 2.22. The zero-order valence-corrected chi connectivity index (χ0v) is 11.8. The fourth-order valence-corrected chi connectivity index (χ4v) is 2.88. The summed E-state index contributed by atoms with van der Waals surface area (Å²) in [5, 5.41) is 0.545. The van der Waals surface area contributed by atoms with Crippen molar-refractivity contribution in [3.63, 3.8) is 0 Å². The maximum atomic E-state index is 11.1. The first-order chi connectivity index (χ1) is 9.78. The average Bonchev–Trinajstić information content (AvgIpc) is 2.49. The molecule has 0 bridgehead atoms. The van der Waals surface area contributed by atoms with E-state index in [1.165, 1.54) is 11.1 Å². The third-order valence-electron chi connectivity index (χ3n) is 3.68. The number of rotatable bonds is 3. The van der Waals surface area contributed by atoms with Crippen LogP contribution in [-0.4, -0.2) is 6.29 Å². The quantitative estimate of drug-likeness (QED) is 0.770. The first-order valence-corrected chi connectivity index (χ1v) is 7.15. The summed E-state index contributed by atoms with van der Waals surface area (Å²) in [5.41, 5.74) is 3.07. The second kappa shape index (κ2) is 5.68. The maximum Gasteiger partial charge on any atom is 0.153 e. The Morgan fingerprint density at radius 2 is 2.05 bits per heavy atom. The van der Waals surface area contributed by atoms with Crippen LogP contribution in [-0.2, 0) is 6.42 Å². The van der Waals surface area contributed by atoms with E-state index in [1.807, 2.05) is 6.07 Å². The Balaban J connectivity index is 1.91. The van der Waals surface area contributed by atoms with Crippen LogP contribution in [0.5, 0.6) is 5.75 Å². The molecule has 1 unspecified atom stereocenters. The summed E-state index contributed by atoms with van der Waals surface area (Å²) in [6, 6.07) is 13.5. The predicted molar refractivity (Wildman–Crippen MR) is 79.6 cm³/mol. The molecule has 0 N–H and O–H groups in total. The van der Waals surface area contributed by atoms with Crippen LogP contribution in [0.2, 0.25) is 5.02 Å². The van der Waals surface area contributed by atoms with Gasteiger partial charge in [0.05, 0.1) is 5.56 Å². The number of benzene rings is 2. The van der Waals surface area contributed by atoms with Gasteiger partial charge in [-0.25, -0.2) is 0 Å². The van der Waals surface area contributed by atoms with Crippen molar-refractivity contribution < 1.29 is 9.53 Å². The highest BCUT2D eigenvalue weighted by molar-refractivity contribution is 6.30. The topological polar surface area (TPSA) is 26.3 Å². The molecule has 1 aliphatic carbocycles. The number of carbonyl (C=O) groups excluding carboxylic acids is 1. The van der Waals surface area contributed by atoms with Gasteiger partial charge in [-0.2, -0.15) is 0 Å². The maximum absolute atomic E-state index is 11.1. The number of hydrogen-bond acceptors (Lipinski definition) is 2. The predicted octanol–water partition coefficient (Wildman–Crippen LogP) is 4.61. The van der Waals surface area contributed by atoms with E-state index in [0.717, 1.165) is 25.5 Å². The Morgan fingerprint density at radius 1 is 1.20 bits per heavy atom. The van der Waals surface area contributed by atoms with E-state index < -0.39 is 0 Å². The van der Waals surface area contributed by atoms with Gasteiger partial charge < -0.3 is 4.74 Å². The largest absolute Gasteiger partial charge is 0.485 e. The highest BCUT2D eigenvalue weighted by atomic mass is 35.5. The molecule has 0 saturated carbocycles. The van der Waals surface area contributed by atoms with Crippen LogP contribution >= 0.6 is 11.6 Å². The first kappa shape index (κ1) is 13.2. The van der Waals surface area contributed by atoms with Crippen LogP contribution in [0.3, 0.4) is 0 Å². The molecule has 1 atom stereocenters. The molecule has 0 aliphatic heterocycles. The van der Waals surface area contributed by atoms with Crippen LogP contribution in [0.15, 0.2) is 42.5 Å². The molecule has 102 valence electrons. The molecule has 2 aromatic rings. The second-order valence-electron chi connectivity index (χ2n) is 5.00. The van der Waals surface area contributed by atoms with E-state index in [1.54, 1.807) is 18.2 Å². The monoisotopic (exact) mass is 286 g/mol. The third kappa shape index (κ3) is 2.56. The van der Waals surface area contributed by atoms with Crippen molar-refractivity contribution in [3.05, 3.63) is 64.2 Å². The van der Waals surface area contributed by atoms with Gasteiger partial charge in [0.2, 0.25) is 0 Å². The summed E-state index contributed by atoms with van der Waals surface area (Å²) in [6.45, 7) is 0. The lowest BCUT2D eigenvalue weighted by Gasteiger charge is -2.26. The van der Waals surface area contributed by atoms with Crippen molar-refractivity contribution in [3.8, 4) is 5.75 Å². The van der Waals surface area contributed by atoms with Gasteiger partial charge in [-0.05, 0) is 48.6 Å². The molecule has 0 amide bonds. The molecular weight excluding hydrogens is 272 g/mol.